The van der Waals surface area contributed by atoms with Crippen molar-refractivity contribution in [2.45, 2.75) is 31.9 Å². The first-order valence-electron chi connectivity index (χ1n) is 10.2. The number of halogens is 1. The molecule has 2 nitrogen and oxygen atoms in total. The summed E-state index contributed by atoms with van der Waals surface area (Å²) in [7, 11) is 0. The highest BCUT2D eigenvalue weighted by molar-refractivity contribution is 5.60. The minimum Gasteiger partial charge on any atom is -0.489 e. The summed E-state index contributed by atoms with van der Waals surface area (Å²) < 4.78 is 20.4. The van der Waals surface area contributed by atoms with Gasteiger partial charge in [0.15, 0.2) is 0 Å². The summed E-state index contributed by atoms with van der Waals surface area (Å²) in [5, 5.41) is 3.48. The van der Waals surface area contributed by atoms with Gasteiger partial charge in [-0.25, -0.2) is 4.39 Å². The Hall–Kier alpha value is -3.07. The van der Waals surface area contributed by atoms with Crippen molar-refractivity contribution < 1.29 is 9.13 Å². The monoisotopic (exact) mass is 385 g/mol. The van der Waals surface area contributed by atoms with E-state index in [1.54, 1.807) is 6.07 Å². The highest BCUT2D eigenvalue weighted by atomic mass is 19.1. The van der Waals surface area contributed by atoms with Crippen molar-refractivity contribution in [1.29, 1.82) is 0 Å². The van der Waals surface area contributed by atoms with Crippen LogP contribution < -0.4 is 10.1 Å². The third-order valence-corrected chi connectivity index (χ3v) is 6.11. The molecule has 29 heavy (non-hydrogen) atoms. The molecule has 3 aromatic rings. The second kappa shape index (κ2) is 7.40. The summed E-state index contributed by atoms with van der Waals surface area (Å²) in [5.74, 6) is 1.34. The van der Waals surface area contributed by atoms with E-state index in [1.807, 2.05) is 18.2 Å². The normalized spacial score (nSPS) is 21.9. The fraction of sp³-hybridized carbons (Fsp3) is 0.231. The first-order valence-corrected chi connectivity index (χ1v) is 10.2. The van der Waals surface area contributed by atoms with Gasteiger partial charge < -0.3 is 10.1 Å². The van der Waals surface area contributed by atoms with Crippen LogP contribution in [0.2, 0.25) is 0 Å². The zero-order chi connectivity index (χ0) is 19.8. The van der Waals surface area contributed by atoms with E-state index in [0.29, 0.717) is 18.2 Å². The molecule has 0 saturated carbocycles. The Morgan fingerprint density at radius 2 is 1.79 bits per heavy atom. The van der Waals surface area contributed by atoms with E-state index < -0.39 is 0 Å². The SMILES string of the molecule is Cc1ccc(COc2ccc([C@@H]3Nc4c(F)cccc4[C@H]4C=CC[C@H]43)cc2)cc1. The van der Waals surface area contributed by atoms with Crippen LogP contribution in [-0.2, 0) is 6.61 Å². The molecule has 1 heterocycles. The van der Waals surface area contributed by atoms with Gasteiger partial charge in [0, 0.05) is 5.92 Å². The molecule has 1 aliphatic carbocycles. The van der Waals surface area contributed by atoms with E-state index in [1.165, 1.54) is 17.2 Å². The smallest absolute Gasteiger partial charge is 0.146 e. The zero-order valence-electron chi connectivity index (χ0n) is 16.4. The van der Waals surface area contributed by atoms with Gasteiger partial charge >= 0.3 is 0 Å². The molecule has 0 unspecified atom stereocenters. The van der Waals surface area contributed by atoms with Crippen LogP contribution in [0.4, 0.5) is 10.1 Å². The number of aryl methyl sites for hydroxylation is 1. The summed E-state index contributed by atoms with van der Waals surface area (Å²) in [6.07, 6.45) is 5.46. The maximum absolute atomic E-state index is 14.5. The number of allylic oxidation sites excluding steroid dienone is 2. The summed E-state index contributed by atoms with van der Waals surface area (Å²) in [6, 6.07) is 22.1. The van der Waals surface area contributed by atoms with Gasteiger partial charge in [0.2, 0.25) is 0 Å². The van der Waals surface area contributed by atoms with E-state index in [0.717, 1.165) is 23.3 Å². The molecule has 0 amide bonds. The van der Waals surface area contributed by atoms with Crippen LogP contribution in [-0.4, -0.2) is 0 Å². The molecule has 146 valence electrons. The second-order valence-electron chi connectivity index (χ2n) is 8.02. The molecule has 3 atom stereocenters. The van der Waals surface area contributed by atoms with E-state index in [2.05, 4.69) is 60.8 Å². The number of fused-ring (bicyclic) bond motifs is 3. The molecule has 3 heteroatoms. The first kappa shape index (κ1) is 18.0. The van der Waals surface area contributed by atoms with Gasteiger partial charge in [0.1, 0.15) is 18.2 Å². The van der Waals surface area contributed by atoms with Gasteiger partial charge in [-0.15, -0.1) is 0 Å². The molecule has 0 aromatic heterocycles. The second-order valence-corrected chi connectivity index (χ2v) is 8.02. The third kappa shape index (κ3) is 3.42. The van der Waals surface area contributed by atoms with Crippen molar-refractivity contribution in [2.24, 2.45) is 5.92 Å². The maximum atomic E-state index is 14.5. The average molecular weight is 385 g/mol. The molecule has 1 N–H and O–H groups in total. The Bertz CT molecular complexity index is 1040. The Balaban J connectivity index is 1.34. The molecule has 3 aromatic carbocycles. The molecule has 0 fully saturated rings. The topological polar surface area (TPSA) is 21.3 Å². The predicted octanol–water partition coefficient (Wildman–Crippen LogP) is 6.54. The fourth-order valence-corrected chi connectivity index (χ4v) is 4.54. The highest BCUT2D eigenvalue weighted by Crippen LogP contribution is 2.50. The van der Waals surface area contributed by atoms with Gasteiger partial charge in [-0.2, -0.15) is 0 Å². The minimum atomic E-state index is -0.177. The van der Waals surface area contributed by atoms with Crippen LogP contribution in [0.1, 0.15) is 40.6 Å². The van der Waals surface area contributed by atoms with Gasteiger partial charge in [0.05, 0.1) is 11.7 Å². The van der Waals surface area contributed by atoms with Crippen molar-refractivity contribution in [3.8, 4) is 5.75 Å². The first-order chi connectivity index (χ1) is 14.2. The molecule has 0 saturated heterocycles. The summed E-state index contributed by atoms with van der Waals surface area (Å²) in [6.45, 7) is 2.63. The van der Waals surface area contributed by atoms with Crippen LogP contribution in [0.15, 0.2) is 78.9 Å². The lowest BCUT2D eigenvalue weighted by Gasteiger charge is -2.37. The molecular weight excluding hydrogens is 361 g/mol. The van der Waals surface area contributed by atoms with E-state index in [9.17, 15) is 4.39 Å². The molecule has 1 aliphatic heterocycles. The molecule has 5 rings (SSSR count). The Morgan fingerprint density at radius 3 is 2.59 bits per heavy atom. The number of ether oxygens (including phenoxy) is 1. The quantitative estimate of drug-likeness (QED) is 0.515. The summed E-state index contributed by atoms with van der Waals surface area (Å²) in [5.41, 5.74) is 5.28. The summed E-state index contributed by atoms with van der Waals surface area (Å²) >= 11 is 0. The van der Waals surface area contributed by atoms with Crippen LogP contribution in [0.25, 0.3) is 0 Å². The zero-order valence-corrected chi connectivity index (χ0v) is 16.4. The fourth-order valence-electron chi connectivity index (χ4n) is 4.54. The van der Waals surface area contributed by atoms with Crippen molar-refractivity contribution in [3.05, 3.63) is 107 Å². The van der Waals surface area contributed by atoms with Crippen molar-refractivity contribution in [1.82, 2.24) is 0 Å². The summed E-state index contributed by atoms with van der Waals surface area (Å²) in [4.78, 5) is 0. The van der Waals surface area contributed by atoms with Crippen LogP contribution >= 0.6 is 0 Å². The van der Waals surface area contributed by atoms with Crippen LogP contribution in [0, 0.1) is 18.7 Å². The number of nitrogens with one attached hydrogen (secondary N) is 1. The number of hydrogen-bond donors (Lipinski definition) is 1. The number of benzene rings is 3. The van der Waals surface area contributed by atoms with Crippen molar-refractivity contribution in [3.63, 3.8) is 0 Å². The lowest BCUT2D eigenvalue weighted by atomic mass is 9.77. The minimum absolute atomic E-state index is 0.0885. The average Bonchev–Trinajstić information content (AvgIpc) is 3.24. The van der Waals surface area contributed by atoms with Crippen LogP contribution in [0.3, 0.4) is 0 Å². The van der Waals surface area contributed by atoms with Crippen molar-refractivity contribution >= 4 is 5.69 Å². The Labute approximate surface area is 171 Å². The molecule has 0 bridgehead atoms. The van der Waals surface area contributed by atoms with E-state index in [-0.39, 0.29) is 17.8 Å². The number of anilines is 1. The Morgan fingerprint density at radius 1 is 1.00 bits per heavy atom. The maximum Gasteiger partial charge on any atom is 0.146 e. The van der Waals surface area contributed by atoms with E-state index in [4.69, 9.17) is 4.74 Å². The predicted molar refractivity (Wildman–Crippen MR) is 115 cm³/mol. The lowest BCUT2D eigenvalue weighted by Crippen LogP contribution is -2.29. The number of rotatable bonds is 4. The van der Waals surface area contributed by atoms with E-state index >= 15 is 0 Å². The standard InChI is InChI=1S/C26H24FNO/c1-17-8-10-18(11-9-17)16-29-20-14-12-19(13-15-20)25-22-5-2-4-21(22)23-6-3-7-24(27)26(23)28-25/h2-4,6-15,21-22,25,28H,5,16H2,1H3/t21-,22+,25-/m0/s1. The third-order valence-electron chi connectivity index (χ3n) is 6.11. The van der Waals surface area contributed by atoms with Crippen LogP contribution in [0.5, 0.6) is 5.75 Å². The molecule has 2 aliphatic rings. The van der Waals surface area contributed by atoms with Gasteiger partial charge in [0.25, 0.3) is 0 Å². The van der Waals surface area contributed by atoms with Gasteiger partial charge in [-0.05, 0) is 54.2 Å². The molecule has 0 spiro atoms. The molecular formula is C26H24FNO. The number of para-hydroxylation sites is 1. The number of hydrogen-bond acceptors (Lipinski definition) is 2. The highest BCUT2D eigenvalue weighted by Gasteiger charge is 2.38. The van der Waals surface area contributed by atoms with Crippen molar-refractivity contribution in [2.75, 3.05) is 5.32 Å². The lowest BCUT2D eigenvalue weighted by molar-refractivity contribution is 0.306. The van der Waals surface area contributed by atoms with Gasteiger partial charge in [-0.1, -0.05) is 66.2 Å². The largest absolute Gasteiger partial charge is 0.489 e. The van der Waals surface area contributed by atoms with Gasteiger partial charge in [-0.3, -0.25) is 0 Å². The molecule has 0 radical (unpaired) electrons. The Kier molecular flexibility index (Phi) is 4.59.